The maximum Gasteiger partial charge on any atom is 0.251 e. The highest BCUT2D eigenvalue weighted by atomic mass is 32.2. The van der Waals surface area contributed by atoms with Gasteiger partial charge in [-0.1, -0.05) is 0 Å². The van der Waals surface area contributed by atoms with E-state index >= 15 is 0 Å². The van der Waals surface area contributed by atoms with Crippen molar-refractivity contribution >= 4 is 15.9 Å². The third-order valence-corrected chi connectivity index (χ3v) is 6.12. The van der Waals surface area contributed by atoms with Gasteiger partial charge < -0.3 is 14.8 Å². The van der Waals surface area contributed by atoms with E-state index in [1.54, 1.807) is 25.3 Å². The van der Waals surface area contributed by atoms with Gasteiger partial charge in [0.25, 0.3) is 5.91 Å². The predicted octanol–water partition coefficient (Wildman–Crippen LogP) is 0.640. The van der Waals surface area contributed by atoms with Crippen LogP contribution in [0, 0.1) is 12.8 Å². The van der Waals surface area contributed by atoms with Crippen LogP contribution in [-0.2, 0) is 14.8 Å². The maximum absolute atomic E-state index is 12.4. The Labute approximate surface area is 143 Å². The third-order valence-electron chi connectivity index (χ3n) is 4.15. The molecule has 0 spiro atoms. The number of ether oxygens (including phenoxy) is 2. The van der Waals surface area contributed by atoms with Gasteiger partial charge in [0, 0.05) is 25.6 Å². The Hall–Kier alpha value is -1.64. The van der Waals surface area contributed by atoms with E-state index in [2.05, 4.69) is 5.32 Å². The predicted molar refractivity (Wildman–Crippen MR) is 90.8 cm³/mol. The summed E-state index contributed by atoms with van der Waals surface area (Å²) in [4.78, 5) is 12.4. The lowest BCUT2D eigenvalue weighted by molar-refractivity contribution is 0.0926. The van der Waals surface area contributed by atoms with Crippen molar-refractivity contribution in [1.82, 2.24) is 9.62 Å². The van der Waals surface area contributed by atoms with E-state index in [9.17, 15) is 13.2 Å². The van der Waals surface area contributed by atoms with Gasteiger partial charge in [-0.05, 0) is 30.7 Å². The number of hydrogen-bond donors (Lipinski definition) is 1. The lowest BCUT2D eigenvalue weighted by Gasteiger charge is -2.21. The first-order chi connectivity index (χ1) is 11.2. The molecule has 1 amide bonds. The van der Waals surface area contributed by atoms with Crippen LogP contribution in [0.15, 0.2) is 18.2 Å². The Bertz CT molecular complexity index is 702. The van der Waals surface area contributed by atoms with E-state index < -0.39 is 10.0 Å². The second-order valence-corrected chi connectivity index (χ2v) is 8.35. The zero-order valence-corrected chi connectivity index (χ0v) is 15.2. The molecule has 0 saturated carbocycles. The first kappa shape index (κ1) is 18.7. The van der Waals surface area contributed by atoms with Gasteiger partial charge in [0.05, 0.1) is 32.1 Å². The van der Waals surface area contributed by atoms with Gasteiger partial charge in [0.1, 0.15) is 5.75 Å². The van der Waals surface area contributed by atoms with Crippen LogP contribution < -0.4 is 10.1 Å². The molecule has 0 radical (unpaired) electrons. The van der Waals surface area contributed by atoms with Crippen molar-refractivity contribution in [2.24, 2.45) is 5.92 Å². The summed E-state index contributed by atoms with van der Waals surface area (Å²) in [6.07, 6.45) is 0. The van der Waals surface area contributed by atoms with Crippen molar-refractivity contribution in [3.05, 3.63) is 29.3 Å². The van der Waals surface area contributed by atoms with Crippen molar-refractivity contribution in [3.63, 3.8) is 0 Å². The Balaban J connectivity index is 2.06. The second kappa shape index (κ2) is 7.50. The molecule has 1 aliphatic heterocycles. The van der Waals surface area contributed by atoms with Crippen molar-refractivity contribution in [2.75, 3.05) is 40.2 Å². The highest BCUT2D eigenvalue weighted by Crippen LogP contribution is 2.20. The SMILES string of the molecule is COc1ccc(C(=O)N[C@H]2COC[C@H]2CS(=O)(=O)N(C)C)cc1C. The minimum atomic E-state index is -3.35. The summed E-state index contributed by atoms with van der Waals surface area (Å²) >= 11 is 0. The highest BCUT2D eigenvalue weighted by Gasteiger charge is 2.34. The summed E-state index contributed by atoms with van der Waals surface area (Å²) in [5.74, 6) is 0.155. The standard InChI is InChI=1S/C16H24N2O5S/c1-11-7-12(5-6-15(11)22-4)16(19)17-14-9-23-8-13(14)10-24(20,21)18(2)3/h5-7,13-14H,8-10H2,1-4H3,(H,17,19)/t13-,14-/m0/s1. The average molecular weight is 356 g/mol. The number of sulfonamides is 1. The number of carbonyl (C=O) groups excluding carboxylic acids is 1. The molecule has 1 aromatic rings. The molecule has 1 aromatic carbocycles. The smallest absolute Gasteiger partial charge is 0.251 e. The Kier molecular flexibility index (Phi) is 5.84. The number of methoxy groups -OCH3 is 1. The molecule has 24 heavy (non-hydrogen) atoms. The molecule has 2 atom stereocenters. The number of aryl methyl sites for hydroxylation is 1. The summed E-state index contributed by atoms with van der Waals surface area (Å²) in [7, 11) is 1.23. The maximum atomic E-state index is 12.4. The van der Waals surface area contributed by atoms with Gasteiger partial charge in [-0.3, -0.25) is 4.79 Å². The molecule has 0 bridgehead atoms. The minimum Gasteiger partial charge on any atom is -0.496 e. The zero-order valence-electron chi connectivity index (χ0n) is 14.4. The second-order valence-electron chi connectivity index (χ2n) is 6.12. The van der Waals surface area contributed by atoms with Crippen LogP contribution in [0.25, 0.3) is 0 Å². The number of rotatable bonds is 6. The molecular formula is C16H24N2O5S. The number of carbonyl (C=O) groups is 1. The van der Waals surface area contributed by atoms with Gasteiger partial charge in [0.2, 0.25) is 10.0 Å². The average Bonchev–Trinajstić information content (AvgIpc) is 2.93. The van der Waals surface area contributed by atoms with Gasteiger partial charge in [-0.15, -0.1) is 0 Å². The van der Waals surface area contributed by atoms with Gasteiger partial charge in [0.15, 0.2) is 0 Å². The topological polar surface area (TPSA) is 84.9 Å². The van der Waals surface area contributed by atoms with Crippen LogP contribution >= 0.6 is 0 Å². The number of nitrogens with zero attached hydrogens (tertiary/aromatic N) is 1. The van der Waals surface area contributed by atoms with Crippen molar-refractivity contribution in [2.45, 2.75) is 13.0 Å². The van der Waals surface area contributed by atoms with Gasteiger partial charge in [-0.25, -0.2) is 12.7 Å². The van der Waals surface area contributed by atoms with E-state index in [1.165, 1.54) is 18.4 Å². The van der Waals surface area contributed by atoms with E-state index in [1.807, 2.05) is 6.92 Å². The summed E-state index contributed by atoms with van der Waals surface area (Å²) in [5.41, 5.74) is 1.37. The third kappa shape index (κ3) is 4.25. The van der Waals surface area contributed by atoms with Crippen molar-refractivity contribution < 1.29 is 22.7 Å². The van der Waals surface area contributed by atoms with Crippen LogP contribution in [-0.4, -0.2) is 64.8 Å². The zero-order chi connectivity index (χ0) is 17.9. The fourth-order valence-corrected chi connectivity index (χ4v) is 3.78. The summed E-state index contributed by atoms with van der Waals surface area (Å²) < 4.78 is 35.8. The van der Waals surface area contributed by atoms with E-state index in [0.29, 0.717) is 24.5 Å². The molecule has 0 unspecified atom stereocenters. The van der Waals surface area contributed by atoms with Crippen LogP contribution in [0.2, 0.25) is 0 Å². The van der Waals surface area contributed by atoms with E-state index in [4.69, 9.17) is 9.47 Å². The van der Waals surface area contributed by atoms with Crippen molar-refractivity contribution in [3.8, 4) is 5.75 Å². The monoisotopic (exact) mass is 356 g/mol. The highest BCUT2D eigenvalue weighted by molar-refractivity contribution is 7.89. The Morgan fingerprint density at radius 3 is 2.67 bits per heavy atom. The number of hydrogen-bond acceptors (Lipinski definition) is 5. The van der Waals surface area contributed by atoms with E-state index in [-0.39, 0.29) is 23.6 Å². The first-order valence-corrected chi connectivity index (χ1v) is 9.29. The summed E-state index contributed by atoms with van der Waals surface area (Å²) in [6.45, 7) is 2.49. The number of benzene rings is 1. The molecule has 0 aliphatic carbocycles. The number of nitrogens with one attached hydrogen (secondary N) is 1. The molecule has 1 heterocycles. The molecule has 1 N–H and O–H groups in total. The van der Waals surface area contributed by atoms with Gasteiger partial charge in [-0.2, -0.15) is 0 Å². The fraction of sp³-hybridized carbons (Fsp3) is 0.562. The van der Waals surface area contributed by atoms with E-state index in [0.717, 1.165) is 5.56 Å². The largest absolute Gasteiger partial charge is 0.496 e. The first-order valence-electron chi connectivity index (χ1n) is 7.68. The van der Waals surface area contributed by atoms with Crippen molar-refractivity contribution in [1.29, 1.82) is 0 Å². The van der Waals surface area contributed by atoms with Crippen LogP contribution in [0.5, 0.6) is 5.75 Å². The molecule has 134 valence electrons. The fourth-order valence-electron chi connectivity index (χ4n) is 2.61. The summed E-state index contributed by atoms with van der Waals surface area (Å²) in [6, 6.07) is 4.84. The molecule has 7 nitrogen and oxygen atoms in total. The summed E-state index contributed by atoms with van der Waals surface area (Å²) in [5, 5.41) is 2.88. The molecule has 8 heteroatoms. The molecule has 1 aliphatic rings. The Morgan fingerprint density at radius 2 is 2.08 bits per heavy atom. The normalized spacial score (nSPS) is 21.0. The molecule has 2 rings (SSSR count). The lowest BCUT2D eigenvalue weighted by atomic mass is 10.0. The van der Waals surface area contributed by atoms with Crippen LogP contribution in [0.1, 0.15) is 15.9 Å². The Morgan fingerprint density at radius 1 is 1.38 bits per heavy atom. The molecule has 0 aromatic heterocycles. The number of amides is 1. The van der Waals surface area contributed by atoms with Gasteiger partial charge >= 0.3 is 0 Å². The molecule has 1 fully saturated rings. The van der Waals surface area contributed by atoms with Crippen LogP contribution in [0.3, 0.4) is 0 Å². The molecular weight excluding hydrogens is 332 g/mol. The minimum absolute atomic E-state index is 0.0490. The quantitative estimate of drug-likeness (QED) is 0.809. The van der Waals surface area contributed by atoms with Crippen LogP contribution in [0.4, 0.5) is 0 Å². The lowest BCUT2D eigenvalue weighted by Crippen LogP contribution is -2.43. The molecule has 1 saturated heterocycles.